The third-order valence-corrected chi connectivity index (χ3v) is 5.43. The molecule has 0 atom stereocenters. The van der Waals surface area contributed by atoms with E-state index in [9.17, 15) is 13.2 Å². The Kier molecular flexibility index (Phi) is 8.32. The van der Waals surface area contributed by atoms with E-state index in [1.807, 2.05) is 19.1 Å². The number of carbonyl (C=O) groups is 1. The zero-order valence-electron chi connectivity index (χ0n) is 16.1. The van der Waals surface area contributed by atoms with Crippen molar-refractivity contribution in [3.05, 3.63) is 60.2 Å². The van der Waals surface area contributed by atoms with Crippen LogP contribution in [0.3, 0.4) is 0 Å². The number of thiocarbonyl (C=S) groups is 1. The van der Waals surface area contributed by atoms with Gasteiger partial charge in [0.1, 0.15) is 5.75 Å². The molecule has 3 N–H and O–H groups in total. The smallest absolute Gasteiger partial charge is 0.250 e. The largest absolute Gasteiger partial charge is 0.497 e. The Bertz CT molecular complexity index is 970. The number of methoxy groups -OCH3 is 1. The fourth-order valence-electron chi connectivity index (χ4n) is 2.24. The number of nitrogens with one attached hydrogen (secondary N) is 3. The molecule has 9 heteroatoms. The van der Waals surface area contributed by atoms with Crippen LogP contribution in [0.4, 0.5) is 5.69 Å². The van der Waals surface area contributed by atoms with Gasteiger partial charge in [-0.25, -0.2) is 13.1 Å². The summed E-state index contributed by atoms with van der Waals surface area (Å²) in [5.74, 6) is 0.346. The monoisotopic (exact) mass is 433 g/mol. The highest BCUT2D eigenvalue weighted by Crippen LogP contribution is 2.14. The van der Waals surface area contributed by atoms with Crippen LogP contribution in [0.1, 0.15) is 18.9 Å². The Morgan fingerprint density at radius 2 is 1.76 bits per heavy atom. The van der Waals surface area contributed by atoms with Crippen molar-refractivity contribution in [1.29, 1.82) is 0 Å². The van der Waals surface area contributed by atoms with E-state index < -0.39 is 10.0 Å². The highest BCUT2D eigenvalue weighted by molar-refractivity contribution is 7.89. The van der Waals surface area contributed by atoms with E-state index in [-0.39, 0.29) is 15.9 Å². The Balaban J connectivity index is 1.89. The minimum Gasteiger partial charge on any atom is -0.497 e. The molecule has 0 aromatic heterocycles. The highest BCUT2D eigenvalue weighted by Gasteiger charge is 2.12. The lowest BCUT2D eigenvalue weighted by Gasteiger charge is -2.10. The predicted molar refractivity (Wildman–Crippen MR) is 118 cm³/mol. The van der Waals surface area contributed by atoms with Gasteiger partial charge in [-0.05, 0) is 66.7 Å². The zero-order valence-corrected chi connectivity index (χ0v) is 17.8. The number of hydrogen-bond donors (Lipinski definition) is 3. The van der Waals surface area contributed by atoms with Gasteiger partial charge in [-0.1, -0.05) is 19.1 Å². The molecular weight excluding hydrogens is 410 g/mol. The van der Waals surface area contributed by atoms with Gasteiger partial charge in [0.05, 0.1) is 12.0 Å². The molecule has 0 aliphatic rings. The van der Waals surface area contributed by atoms with Crippen molar-refractivity contribution in [1.82, 2.24) is 10.0 Å². The van der Waals surface area contributed by atoms with E-state index in [1.165, 1.54) is 18.2 Å². The second kappa shape index (κ2) is 10.7. The number of amides is 1. The second-order valence-corrected chi connectivity index (χ2v) is 8.15. The summed E-state index contributed by atoms with van der Waals surface area (Å²) in [7, 11) is -1.94. The molecule has 154 valence electrons. The fraction of sp³-hybridized carbons (Fsp3) is 0.200. The first-order valence-corrected chi connectivity index (χ1v) is 10.8. The van der Waals surface area contributed by atoms with Crippen molar-refractivity contribution in [2.75, 3.05) is 19.0 Å². The van der Waals surface area contributed by atoms with Gasteiger partial charge in [-0.15, -0.1) is 0 Å². The molecule has 2 aromatic carbocycles. The minimum atomic E-state index is -3.52. The maximum absolute atomic E-state index is 12.1. The topological polar surface area (TPSA) is 96.5 Å². The van der Waals surface area contributed by atoms with Crippen molar-refractivity contribution < 1.29 is 17.9 Å². The van der Waals surface area contributed by atoms with E-state index in [4.69, 9.17) is 17.0 Å². The molecule has 2 aromatic rings. The number of ether oxygens (including phenoxy) is 1. The molecular formula is C20H23N3O4S2. The van der Waals surface area contributed by atoms with Crippen LogP contribution in [0.5, 0.6) is 5.75 Å². The van der Waals surface area contributed by atoms with Crippen LogP contribution in [-0.4, -0.2) is 33.1 Å². The molecule has 0 spiro atoms. The summed E-state index contributed by atoms with van der Waals surface area (Å²) in [5.41, 5.74) is 1.40. The Hall–Kier alpha value is -2.75. The summed E-state index contributed by atoms with van der Waals surface area (Å²) in [6, 6.07) is 13.3. The van der Waals surface area contributed by atoms with Gasteiger partial charge in [0.15, 0.2) is 5.11 Å². The molecule has 0 unspecified atom stereocenters. The first-order valence-electron chi connectivity index (χ1n) is 8.88. The fourth-order valence-corrected chi connectivity index (χ4v) is 3.59. The van der Waals surface area contributed by atoms with Crippen LogP contribution in [-0.2, 0) is 14.8 Å². The lowest BCUT2D eigenvalue weighted by atomic mass is 10.2. The molecule has 1 amide bonds. The Morgan fingerprint density at radius 3 is 2.34 bits per heavy atom. The van der Waals surface area contributed by atoms with Gasteiger partial charge in [0, 0.05) is 18.3 Å². The molecule has 0 bridgehead atoms. The molecule has 7 nitrogen and oxygen atoms in total. The molecule has 2 rings (SSSR count). The van der Waals surface area contributed by atoms with Gasteiger partial charge in [0.2, 0.25) is 15.9 Å². The molecule has 29 heavy (non-hydrogen) atoms. The maximum Gasteiger partial charge on any atom is 0.250 e. The highest BCUT2D eigenvalue weighted by atomic mass is 32.2. The molecule has 0 saturated heterocycles. The lowest BCUT2D eigenvalue weighted by molar-refractivity contribution is -0.115. The molecule has 0 saturated carbocycles. The predicted octanol–water partition coefficient (Wildman–Crippen LogP) is 2.91. The summed E-state index contributed by atoms with van der Waals surface area (Å²) in [6.07, 6.45) is 3.73. The van der Waals surface area contributed by atoms with E-state index in [2.05, 4.69) is 15.4 Å². The number of sulfonamides is 1. The molecule has 0 aliphatic carbocycles. The van der Waals surface area contributed by atoms with Crippen LogP contribution in [0.2, 0.25) is 0 Å². The molecule has 0 fully saturated rings. The first kappa shape index (κ1) is 22.5. The van der Waals surface area contributed by atoms with Crippen molar-refractivity contribution in [3.8, 4) is 5.75 Å². The minimum absolute atomic E-state index is 0.106. The Morgan fingerprint density at radius 1 is 1.10 bits per heavy atom. The van der Waals surface area contributed by atoms with Crippen molar-refractivity contribution >= 4 is 45.0 Å². The molecule has 0 aliphatic heterocycles. The number of anilines is 1. The normalized spacial score (nSPS) is 11.2. The van der Waals surface area contributed by atoms with Crippen LogP contribution in [0.15, 0.2) is 59.5 Å². The number of benzene rings is 2. The third-order valence-electron chi connectivity index (χ3n) is 3.74. The summed E-state index contributed by atoms with van der Waals surface area (Å²) >= 11 is 5.12. The maximum atomic E-state index is 12.1. The van der Waals surface area contributed by atoms with Gasteiger partial charge in [-0.2, -0.15) is 0 Å². The average Bonchev–Trinajstić information content (AvgIpc) is 2.71. The summed E-state index contributed by atoms with van der Waals surface area (Å²) < 4.78 is 31.7. The third kappa shape index (κ3) is 7.30. The summed E-state index contributed by atoms with van der Waals surface area (Å²) in [4.78, 5) is 12.1. The summed E-state index contributed by atoms with van der Waals surface area (Å²) in [5, 5.41) is 5.48. The SMILES string of the molecule is CCCNS(=O)(=O)c1ccc(NC(=S)NC(=O)C=Cc2ccc(OC)cc2)cc1. The van der Waals surface area contributed by atoms with E-state index in [0.29, 0.717) is 18.7 Å². The standard InChI is InChI=1S/C20H23N3O4S2/c1-3-14-21-29(25,26)18-11-7-16(8-12-18)22-20(28)23-19(24)13-6-15-4-9-17(27-2)10-5-15/h4-13,21H,3,14H2,1-2H3,(H2,22,23,24,28). The number of hydrogen-bond acceptors (Lipinski definition) is 5. The zero-order chi connectivity index (χ0) is 21.3. The Labute approximate surface area is 176 Å². The van der Waals surface area contributed by atoms with Crippen molar-refractivity contribution in [3.63, 3.8) is 0 Å². The number of carbonyl (C=O) groups excluding carboxylic acids is 1. The number of rotatable bonds is 8. The van der Waals surface area contributed by atoms with E-state index in [0.717, 1.165) is 11.3 Å². The van der Waals surface area contributed by atoms with Gasteiger partial charge in [-0.3, -0.25) is 10.1 Å². The molecule has 0 radical (unpaired) electrons. The van der Waals surface area contributed by atoms with Crippen LogP contribution in [0.25, 0.3) is 6.08 Å². The second-order valence-electron chi connectivity index (χ2n) is 5.97. The quantitative estimate of drug-likeness (QED) is 0.438. The van der Waals surface area contributed by atoms with Crippen molar-refractivity contribution in [2.24, 2.45) is 0 Å². The van der Waals surface area contributed by atoms with Gasteiger partial charge >= 0.3 is 0 Å². The van der Waals surface area contributed by atoms with Crippen LogP contribution in [0, 0.1) is 0 Å². The van der Waals surface area contributed by atoms with Crippen LogP contribution >= 0.6 is 12.2 Å². The average molecular weight is 434 g/mol. The van der Waals surface area contributed by atoms with Crippen LogP contribution < -0.4 is 20.1 Å². The molecule has 0 heterocycles. The first-order chi connectivity index (χ1) is 13.8. The van der Waals surface area contributed by atoms with E-state index >= 15 is 0 Å². The van der Waals surface area contributed by atoms with Crippen molar-refractivity contribution in [2.45, 2.75) is 18.2 Å². The van der Waals surface area contributed by atoms with E-state index in [1.54, 1.807) is 37.5 Å². The summed E-state index contributed by atoms with van der Waals surface area (Å²) in [6.45, 7) is 2.26. The van der Waals surface area contributed by atoms with Gasteiger partial charge < -0.3 is 10.1 Å². The van der Waals surface area contributed by atoms with Gasteiger partial charge in [0.25, 0.3) is 0 Å². The lowest BCUT2D eigenvalue weighted by Crippen LogP contribution is -2.32.